The summed E-state index contributed by atoms with van der Waals surface area (Å²) >= 11 is 0. The van der Waals surface area contributed by atoms with Crippen molar-refractivity contribution in [3.8, 4) is 11.6 Å². The number of esters is 2. The van der Waals surface area contributed by atoms with Crippen LogP contribution in [0.2, 0.25) is 0 Å². The van der Waals surface area contributed by atoms with Gasteiger partial charge in [-0.2, -0.15) is 0 Å². The smallest absolute Gasteiger partial charge is 0.344 e. The Bertz CT molecular complexity index is 1110. The Morgan fingerprint density at radius 3 is 2.52 bits per heavy atom. The van der Waals surface area contributed by atoms with Crippen molar-refractivity contribution in [2.75, 3.05) is 13.2 Å². The molecular weight excluding hydrogens is 402 g/mol. The first-order chi connectivity index (χ1) is 14.9. The third-order valence-electron chi connectivity index (χ3n) is 4.37. The number of aryl methyl sites for hydroxylation is 1. The summed E-state index contributed by atoms with van der Waals surface area (Å²) < 4.78 is 15.8. The predicted octanol–water partition coefficient (Wildman–Crippen LogP) is 3.43. The third kappa shape index (κ3) is 4.95. The van der Waals surface area contributed by atoms with E-state index in [0.717, 1.165) is 0 Å². The quantitative estimate of drug-likeness (QED) is 0.432. The van der Waals surface area contributed by atoms with Gasteiger partial charge in [-0.05, 0) is 50.6 Å². The summed E-state index contributed by atoms with van der Waals surface area (Å²) in [5.41, 5.74) is 1.50. The molecule has 1 N–H and O–H groups in total. The van der Waals surface area contributed by atoms with Crippen molar-refractivity contribution in [3.05, 3.63) is 70.9 Å². The van der Waals surface area contributed by atoms with Gasteiger partial charge in [0.25, 0.3) is 0 Å². The number of aromatic nitrogens is 3. The molecule has 0 unspecified atom stereocenters. The highest BCUT2D eigenvalue weighted by Crippen LogP contribution is 2.23. The van der Waals surface area contributed by atoms with Gasteiger partial charge in [-0.3, -0.25) is 9.78 Å². The first kappa shape index (κ1) is 21.7. The van der Waals surface area contributed by atoms with E-state index < -0.39 is 24.3 Å². The van der Waals surface area contributed by atoms with Gasteiger partial charge in [-0.15, -0.1) is 0 Å². The number of hydrogen-bond acceptors (Lipinski definition) is 8. The van der Waals surface area contributed by atoms with Gasteiger partial charge in [0.05, 0.1) is 24.1 Å². The molecule has 160 valence electrons. The molecule has 0 radical (unpaired) electrons. The van der Waals surface area contributed by atoms with E-state index in [1.54, 1.807) is 45.2 Å². The molecule has 0 bridgehead atoms. The average Bonchev–Trinajstić information content (AvgIpc) is 3.07. The molecule has 0 aliphatic rings. The standard InChI is InChI=1S/C22H21N3O6/c1-4-29-22(28)18-13(2)19(25-14(18)3)17(26)12-30-21(27)16-8-6-10-24-20(16)31-15-7-5-9-23-11-15/h5-11,25H,4,12H2,1-3H3. The van der Waals surface area contributed by atoms with Crippen LogP contribution in [0.25, 0.3) is 0 Å². The van der Waals surface area contributed by atoms with Gasteiger partial charge in [-0.25, -0.2) is 14.6 Å². The zero-order valence-electron chi connectivity index (χ0n) is 17.3. The highest BCUT2D eigenvalue weighted by atomic mass is 16.5. The lowest BCUT2D eigenvalue weighted by atomic mass is 10.1. The summed E-state index contributed by atoms with van der Waals surface area (Å²) in [6.07, 6.45) is 4.53. The molecule has 0 spiro atoms. The molecule has 0 amide bonds. The van der Waals surface area contributed by atoms with Crippen LogP contribution in [0, 0.1) is 13.8 Å². The number of rotatable bonds is 8. The minimum Gasteiger partial charge on any atom is -0.462 e. The summed E-state index contributed by atoms with van der Waals surface area (Å²) in [5, 5.41) is 0. The monoisotopic (exact) mass is 423 g/mol. The Hall–Kier alpha value is -4.01. The van der Waals surface area contributed by atoms with E-state index in [-0.39, 0.29) is 23.7 Å². The maximum Gasteiger partial charge on any atom is 0.344 e. The number of ether oxygens (including phenoxy) is 3. The topological polar surface area (TPSA) is 120 Å². The molecule has 3 aromatic heterocycles. The number of nitrogens with zero attached hydrogens (tertiary/aromatic N) is 2. The molecule has 3 rings (SSSR count). The first-order valence-electron chi connectivity index (χ1n) is 9.51. The van der Waals surface area contributed by atoms with Crippen molar-refractivity contribution in [3.63, 3.8) is 0 Å². The van der Waals surface area contributed by atoms with E-state index in [2.05, 4.69) is 15.0 Å². The number of carbonyl (C=O) groups is 3. The Morgan fingerprint density at radius 1 is 1.03 bits per heavy atom. The fourth-order valence-electron chi connectivity index (χ4n) is 2.97. The molecule has 3 aromatic rings. The summed E-state index contributed by atoms with van der Waals surface area (Å²) in [6.45, 7) is 4.69. The number of carbonyl (C=O) groups excluding carboxylic acids is 3. The molecule has 9 heteroatoms. The van der Waals surface area contributed by atoms with Crippen molar-refractivity contribution in [2.45, 2.75) is 20.8 Å². The van der Waals surface area contributed by atoms with Gasteiger partial charge in [0.1, 0.15) is 11.3 Å². The van der Waals surface area contributed by atoms with Crippen molar-refractivity contribution in [1.29, 1.82) is 0 Å². The second kappa shape index (κ2) is 9.66. The fourth-order valence-corrected chi connectivity index (χ4v) is 2.97. The number of nitrogens with one attached hydrogen (secondary N) is 1. The maximum absolute atomic E-state index is 12.6. The Kier molecular flexibility index (Phi) is 6.76. The number of ketones is 1. The second-order valence-electron chi connectivity index (χ2n) is 6.49. The van der Waals surface area contributed by atoms with Crippen LogP contribution in [0.15, 0.2) is 42.9 Å². The van der Waals surface area contributed by atoms with E-state index in [0.29, 0.717) is 22.6 Å². The van der Waals surface area contributed by atoms with Crippen LogP contribution in [-0.4, -0.2) is 45.9 Å². The van der Waals surface area contributed by atoms with Crippen LogP contribution >= 0.6 is 0 Å². The lowest BCUT2D eigenvalue weighted by Gasteiger charge is -2.09. The van der Waals surface area contributed by atoms with Crippen LogP contribution in [0.1, 0.15) is 49.4 Å². The zero-order valence-corrected chi connectivity index (χ0v) is 17.3. The number of hydrogen-bond donors (Lipinski definition) is 1. The van der Waals surface area contributed by atoms with Gasteiger partial charge < -0.3 is 19.2 Å². The molecule has 3 heterocycles. The number of aromatic amines is 1. The normalized spacial score (nSPS) is 10.4. The SMILES string of the molecule is CCOC(=O)c1c(C)[nH]c(C(=O)COC(=O)c2cccnc2Oc2cccnc2)c1C. The van der Waals surface area contributed by atoms with Crippen LogP contribution in [0.3, 0.4) is 0 Å². The van der Waals surface area contributed by atoms with Crippen molar-refractivity contribution in [2.24, 2.45) is 0 Å². The molecule has 9 nitrogen and oxygen atoms in total. The van der Waals surface area contributed by atoms with E-state index in [1.165, 1.54) is 18.5 Å². The van der Waals surface area contributed by atoms with Crippen LogP contribution in [0.4, 0.5) is 0 Å². The summed E-state index contributed by atoms with van der Waals surface area (Å²) in [6, 6.07) is 6.38. The van der Waals surface area contributed by atoms with Gasteiger partial charge in [0.2, 0.25) is 11.7 Å². The van der Waals surface area contributed by atoms with E-state index in [9.17, 15) is 14.4 Å². The van der Waals surface area contributed by atoms with E-state index in [4.69, 9.17) is 14.2 Å². The Labute approximate surface area is 178 Å². The molecule has 0 fully saturated rings. The summed E-state index contributed by atoms with van der Waals surface area (Å²) in [7, 11) is 0. The molecule has 0 saturated carbocycles. The minimum atomic E-state index is -0.771. The minimum absolute atomic E-state index is 0.0319. The van der Waals surface area contributed by atoms with E-state index >= 15 is 0 Å². The lowest BCUT2D eigenvalue weighted by molar-refractivity contribution is 0.0469. The maximum atomic E-state index is 12.6. The zero-order chi connectivity index (χ0) is 22.4. The average molecular weight is 423 g/mol. The van der Waals surface area contributed by atoms with Gasteiger partial charge >= 0.3 is 11.9 Å². The molecule has 0 atom stereocenters. The Balaban J connectivity index is 1.71. The van der Waals surface area contributed by atoms with Crippen molar-refractivity contribution >= 4 is 17.7 Å². The largest absolute Gasteiger partial charge is 0.462 e. The number of pyridine rings is 2. The molecule has 0 saturated heterocycles. The van der Waals surface area contributed by atoms with Crippen molar-refractivity contribution in [1.82, 2.24) is 15.0 Å². The number of H-pyrrole nitrogens is 1. The van der Waals surface area contributed by atoms with E-state index in [1.807, 2.05) is 0 Å². The highest BCUT2D eigenvalue weighted by molar-refractivity contribution is 6.03. The molecule has 0 aromatic carbocycles. The van der Waals surface area contributed by atoms with Crippen molar-refractivity contribution < 1.29 is 28.6 Å². The van der Waals surface area contributed by atoms with Gasteiger partial charge in [0.15, 0.2) is 6.61 Å². The molecule has 0 aliphatic carbocycles. The second-order valence-corrected chi connectivity index (χ2v) is 6.49. The highest BCUT2D eigenvalue weighted by Gasteiger charge is 2.24. The van der Waals surface area contributed by atoms with Gasteiger partial charge in [0, 0.05) is 18.1 Å². The third-order valence-corrected chi connectivity index (χ3v) is 4.37. The van der Waals surface area contributed by atoms with Crippen LogP contribution in [0.5, 0.6) is 11.6 Å². The Morgan fingerprint density at radius 2 is 1.81 bits per heavy atom. The molecule has 31 heavy (non-hydrogen) atoms. The number of Topliss-reactive ketones (excluding diaryl/α,β-unsaturated/α-hetero) is 1. The predicted molar refractivity (Wildman–Crippen MR) is 109 cm³/mol. The molecule has 0 aliphatic heterocycles. The van der Waals surface area contributed by atoms with Crippen LogP contribution < -0.4 is 4.74 Å². The molecular formula is C22H21N3O6. The lowest BCUT2D eigenvalue weighted by Crippen LogP contribution is -2.16. The van der Waals surface area contributed by atoms with Crippen LogP contribution in [-0.2, 0) is 9.47 Å². The first-order valence-corrected chi connectivity index (χ1v) is 9.51. The summed E-state index contributed by atoms with van der Waals surface area (Å²) in [5.74, 6) is -1.34. The summed E-state index contributed by atoms with van der Waals surface area (Å²) in [4.78, 5) is 48.1. The van der Waals surface area contributed by atoms with Gasteiger partial charge in [-0.1, -0.05) is 0 Å². The fraction of sp³-hybridized carbons (Fsp3) is 0.227.